The Hall–Kier alpha value is -1.10. The van der Waals surface area contributed by atoms with Gasteiger partial charge in [0.1, 0.15) is 6.17 Å². The number of hydrogen-bond donors (Lipinski definition) is 1. The van der Waals surface area contributed by atoms with Crippen LogP contribution in [0.1, 0.15) is 36.7 Å². The largest absolute Gasteiger partial charge is 0.416 e. The van der Waals surface area contributed by atoms with Gasteiger partial charge in [0.25, 0.3) is 0 Å². The molecule has 0 bridgehead atoms. The molecule has 2 N–H and O–H groups in total. The first kappa shape index (κ1) is 16.0. The molecule has 0 radical (unpaired) electrons. The Kier molecular flexibility index (Phi) is 4.96. The zero-order valence-electron chi connectivity index (χ0n) is 11.3. The third kappa shape index (κ3) is 3.69. The van der Waals surface area contributed by atoms with E-state index in [1.54, 1.807) is 0 Å². The van der Waals surface area contributed by atoms with Crippen LogP contribution in [0.15, 0.2) is 18.2 Å². The van der Waals surface area contributed by atoms with Crippen LogP contribution in [-0.2, 0) is 6.18 Å². The van der Waals surface area contributed by atoms with Gasteiger partial charge in [0.2, 0.25) is 0 Å². The number of aryl methyl sites for hydroxylation is 1. The van der Waals surface area contributed by atoms with Crippen LogP contribution in [0, 0.1) is 18.8 Å². The van der Waals surface area contributed by atoms with Gasteiger partial charge in [-0.15, -0.1) is 0 Å². The molecule has 0 amide bonds. The van der Waals surface area contributed by atoms with E-state index in [1.165, 1.54) is 13.0 Å². The fraction of sp³-hybridized carbons (Fsp3) is 0.571. The SMILES string of the molecule is Cc1cc(C(F)(F)F)ccc1C(F)C(CN)C(C)C. The summed E-state index contributed by atoms with van der Waals surface area (Å²) in [5.41, 5.74) is 5.38. The van der Waals surface area contributed by atoms with E-state index in [0.717, 1.165) is 12.1 Å². The van der Waals surface area contributed by atoms with Crippen LogP contribution in [0.4, 0.5) is 17.6 Å². The maximum Gasteiger partial charge on any atom is 0.416 e. The zero-order chi connectivity index (χ0) is 14.8. The molecule has 1 aromatic rings. The molecule has 0 fully saturated rings. The Morgan fingerprint density at radius 1 is 1.21 bits per heavy atom. The van der Waals surface area contributed by atoms with Crippen molar-refractivity contribution in [2.75, 3.05) is 6.54 Å². The van der Waals surface area contributed by atoms with E-state index in [-0.39, 0.29) is 18.0 Å². The molecule has 108 valence electrons. The van der Waals surface area contributed by atoms with Gasteiger partial charge in [-0.1, -0.05) is 19.9 Å². The summed E-state index contributed by atoms with van der Waals surface area (Å²) >= 11 is 0. The number of halogens is 4. The number of alkyl halides is 4. The molecule has 1 aromatic carbocycles. The molecule has 1 nitrogen and oxygen atoms in total. The second-order valence-corrected chi connectivity index (χ2v) is 5.11. The normalized spacial score (nSPS) is 15.6. The van der Waals surface area contributed by atoms with Crippen molar-refractivity contribution in [3.63, 3.8) is 0 Å². The Morgan fingerprint density at radius 3 is 2.16 bits per heavy atom. The highest BCUT2D eigenvalue weighted by Crippen LogP contribution is 2.36. The summed E-state index contributed by atoms with van der Waals surface area (Å²) < 4.78 is 52.0. The molecule has 1 rings (SSSR count). The van der Waals surface area contributed by atoms with E-state index in [2.05, 4.69) is 0 Å². The fourth-order valence-corrected chi connectivity index (χ4v) is 2.12. The summed E-state index contributed by atoms with van der Waals surface area (Å²) in [5.74, 6) is -0.364. The minimum absolute atomic E-state index is 0.0293. The van der Waals surface area contributed by atoms with Crippen molar-refractivity contribution < 1.29 is 17.6 Å². The molecule has 0 spiro atoms. The average Bonchev–Trinajstić information content (AvgIpc) is 2.27. The van der Waals surface area contributed by atoms with E-state index in [4.69, 9.17) is 5.73 Å². The number of hydrogen-bond acceptors (Lipinski definition) is 1. The van der Waals surface area contributed by atoms with Crippen LogP contribution >= 0.6 is 0 Å². The van der Waals surface area contributed by atoms with Gasteiger partial charge in [-0.3, -0.25) is 0 Å². The van der Waals surface area contributed by atoms with E-state index in [1.807, 2.05) is 13.8 Å². The predicted molar refractivity (Wildman–Crippen MR) is 67.4 cm³/mol. The minimum Gasteiger partial charge on any atom is -0.330 e. The summed E-state index contributed by atoms with van der Waals surface area (Å²) in [4.78, 5) is 0. The number of rotatable bonds is 4. The van der Waals surface area contributed by atoms with Gasteiger partial charge in [0, 0.05) is 5.92 Å². The minimum atomic E-state index is -4.40. The monoisotopic (exact) mass is 277 g/mol. The van der Waals surface area contributed by atoms with Gasteiger partial charge in [-0.05, 0) is 42.6 Å². The van der Waals surface area contributed by atoms with Crippen LogP contribution < -0.4 is 5.73 Å². The first-order valence-electron chi connectivity index (χ1n) is 6.20. The van der Waals surface area contributed by atoms with Gasteiger partial charge >= 0.3 is 6.18 Å². The highest BCUT2D eigenvalue weighted by atomic mass is 19.4. The van der Waals surface area contributed by atoms with Crippen LogP contribution in [0.2, 0.25) is 0 Å². The number of benzene rings is 1. The van der Waals surface area contributed by atoms with Crippen molar-refractivity contribution in [3.05, 3.63) is 34.9 Å². The highest BCUT2D eigenvalue weighted by molar-refractivity contribution is 5.34. The van der Waals surface area contributed by atoms with E-state index >= 15 is 0 Å². The van der Waals surface area contributed by atoms with Crippen molar-refractivity contribution in [3.8, 4) is 0 Å². The quantitative estimate of drug-likeness (QED) is 0.818. The van der Waals surface area contributed by atoms with E-state index < -0.39 is 23.8 Å². The summed E-state index contributed by atoms with van der Waals surface area (Å²) in [6.45, 7) is 5.36. The lowest BCUT2D eigenvalue weighted by Crippen LogP contribution is -2.25. The van der Waals surface area contributed by atoms with Crippen LogP contribution in [-0.4, -0.2) is 6.54 Å². The smallest absolute Gasteiger partial charge is 0.330 e. The maximum absolute atomic E-state index is 14.4. The lowest BCUT2D eigenvalue weighted by molar-refractivity contribution is -0.137. The topological polar surface area (TPSA) is 26.0 Å². The number of nitrogens with two attached hydrogens (primary N) is 1. The molecule has 0 aromatic heterocycles. The van der Waals surface area contributed by atoms with Gasteiger partial charge in [-0.2, -0.15) is 13.2 Å². The van der Waals surface area contributed by atoms with Crippen LogP contribution in [0.3, 0.4) is 0 Å². The molecule has 0 saturated carbocycles. The van der Waals surface area contributed by atoms with Crippen molar-refractivity contribution in [1.82, 2.24) is 0 Å². The molecule has 2 atom stereocenters. The van der Waals surface area contributed by atoms with Gasteiger partial charge in [0.05, 0.1) is 5.56 Å². The first-order valence-corrected chi connectivity index (χ1v) is 6.20. The highest BCUT2D eigenvalue weighted by Gasteiger charge is 2.32. The standard InChI is InChI=1S/C14H19F4N/c1-8(2)12(7-19)13(15)11-5-4-10(6-9(11)3)14(16,17)18/h4-6,8,12-13H,7,19H2,1-3H3. The maximum atomic E-state index is 14.4. The van der Waals surface area contributed by atoms with Gasteiger partial charge < -0.3 is 5.73 Å². The molecular formula is C14H19F4N. The van der Waals surface area contributed by atoms with Crippen LogP contribution in [0.5, 0.6) is 0 Å². The van der Waals surface area contributed by atoms with E-state index in [9.17, 15) is 17.6 Å². The van der Waals surface area contributed by atoms with Crippen LogP contribution in [0.25, 0.3) is 0 Å². The predicted octanol–water partition coefficient (Wildman–Crippen LogP) is 4.26. The lowest BCUT2D eigenvalue weighted by atomic mass is 9.85. The molecular weight excluding hydrogens is 258 g/mol. The summed E-state index contributed by atoms with van der Waals surface area (Å²) in [5, 5.41) is 0. The zero-order valence-corrected chi connectivity index (χ0v) is 11.3. The second-order valence-electron chi connectivity index (χ2n) is 5.11. The molecule has 0 aliphatic rings. The van der Waals surface area contributed by atoms with E-state index in [0.29, 0.717) is 5.56 Å². The Balaban J connectivity index is 3.09. The third-order valence-electron chi connectivity index (χ3n) is 3.40. The molecule has 2 unspecified atom stereocenters. The van der Waals surface area contributed by atoms with Gasteiger partial charge in [-0.25, -0.2) is 4.39 Å². The van der Waals surface area contributed by atoms with Crippen molar-refractivity contribution in [1.29, 1.82) is 0 Å². The molecule has 0 saturated heterocycles. The summed E-state index contributed by atoms with van der Waals surface area (Å²) in [6.07, 6.45) is -5.74. The molecule has 0 aliphatic heterocycles. The molecule has 0 aliphatic carbocycles. The van der Waals surface area contributed by atoms with Gasteiger partial charge in [0.15, 0.2) is 0 Å². The molecule has 0 heterocycles. The second kappa shape index (κ2) is 5.90. The van der Waals surface area contributed by atoms with Crippen molar-refractivity contribution >= 4 is 0 Å². The Labute approximate surface area is 110 Å². The average molecular weight is 277 g/mol. The Morgan fingerprint density at radius 2 is 1.79 bits per heavy atom. The van der Waals surface area contributed by atoms with Crippen molar-refractivity contribution in [2.24, 2.45) is 17.6 Å². The van der Waals surface area contributed by atoms with Crippen molar-refractivity contribution in [2.45, 2.75) is 33.1 Å². The Bertz CT molecular complexity index is 426. The summed E-state index contributed by atoms with van der Waals surface area (Å²) in [6, 6.07) is 3.12. The first-order chi connectivity index (χ1) is 8.68. The molecule has 5 heteroatoms. The molecule has 19 heavy (non-hydrogen) atoms. The third-order valence-corrected chi connectivity index (χ3v) is 3.40. The summed E-state index contributed by atoms with van der Waals surface area (Å²) in [7, 11) is 0. The lowest BCUT2D eigenvalue weighted by Gasteiger charge is -2.25. The fourth-order valence-electron chi connectivity index (χ4n) is 2.12.